The summed E-state index contributed by atoms with van der Waals surface area (Å²) in [6.07, 6.45) is 1.40. The van der Waals surface area contributed by atoms with Crippen LogP contribution >= 0.6 is 23.2 Å². The van der Waals surface area contributed by atoms with Crippen LogP contribution in [0.15, 0.2) is 71.6 Å². The van der Waals surface area contributed by atoms with Crippen LogP contribution in [0.5, 0.6) is 0 Å². The molecule has 0 atom stereocenters. The van der Waals surface area contributed by atoms with Gasteiger partial charge >= 0.3 is 0 Å². The predicted molar refractivity (Wildman–Crippen MR) is 147 cm³/mol. The lowest BCUT2D eigenvalue weighted by Gasteiger charge is -2.34. The molecule has 0 aromatic heterocycles. The van der Waals surface area contributed by atoms with Gasteiger partial charge in [-0.1, -0.05) is 59.6 Å². The van der Waals surface area contributed by atoms with Crippen molar-refractivity contribution in [1.29, 1.82) is 0 Å². The van der Waals surface area contributed by atoms with Crippen LogP contribution in [0.3, 0.4) is 0 Å². The zero-order chi connectivity index (χ0) is 26.7. The van der Waals surface area contributed by atoms with E-state index in [2.05, 4.69) is 10.2 Å². The van der Waals surface area contributed by atoms with Crippen molar-refractivity contribution < 1.29 is 13.3 Å². The second kappa shape index (κ2) is 11.4. The van der Waals surface area contributed by atoms with Crippen LogP contribution < -0.4 is 5.32 Å². The molecule has 1 N–H and O–H groups in total. The molecule has 0 unspecified atom stereocenters. The van der Waals surface area contributed by atoms with Gasteiger partial charge in [0.1, 0.15) is 5.69 Å². The van der Waals surface area contributed by atoms with Crippen molar-refractivity contribution in [2.75, 3.05) is 32.5 Å². The monoisotopic (exact) mass is 562 g/mol. The Labute approximate surface area is 227 Å². The minimum atomic E-state index is -3.93. The van der Waals surface area contributed by atoms with E-state index in [9.17, 15) is 18.5 Å². The van der Waals surface area contributed by atoms with E-state index in [1.54, 1.807) is 24.3 Å². The van der Waals surface area contributed by atoms with Gasteiger partial charge in [0.25, 0.3) is 5.69 Å². The fourth-order valence-corrected chi connectivity index (χ4v) is 6.49. The number of nitro benzene ring substituents is 1. The molecule has 11 heteroatoms. The summed E-state index contributed by atoms with van der Waals surface area (Å²) in [5.41, 5.74) is 1.13. The number of nitrogens with zero attached hydrogens (tertiary/aromatic N) is 3. The molecule has 8 nitrogen and oxygen atoms in total. The summed E-state index contributed by atoms with van der Waals surface area (Å²) in [4.78, 5) is 13.5. The highest BCUT2D eigenvalue weighted by Gasteiger charge is 2.32. The number of likely N-dealkylation sites (tertiary alicyclic amines) is 1. The maximum absolute atomic E-state index is 13.4. The van der Waals surface area contributed by atoms with E-state index >= 15 is 0 Å². The number of halogens is 2. The fourth-order valence-electron chi connectivity index (χ4n) is 4.56. The topological polar surface area (TPSA) is 95.8 Å². The van der Waals surface area contributed by atoms with Gasteiger partial charge in [0.2, 0.25) is 10.0 Å². The van der Waals surface area contributed by atoms with Crippen molar-refractivity contribution in [3.8, 4) is 0 Å². The zero-order valence-corrected chi connectivity index (χ0v) is 22.8. The quantitative estimate of drug-likeness (QED) is 0.274. The normalized spacial score (nSPS) is 15.3. The molecule has 0 amide bonds. The van der Waals surface area contributed by atoms with Crippen molar-refractivity contribution in [3.05, 3.63) is 98.0 Å². The van der Waals surface area contributed by atoms with E-state index in [4.69, 9.17) is 23.2 Å². The van der Waals surface area contributed by atoms with Crippen LogP contribution in [-0.2, 0) is 10.0 Å². The third-order valence-corrected chi connectivity index (χ3v) is 9.37. The average molecular weight is 564 g/mol. The number of anilines is 1. The molecule has 3 aromatic rings. The zero-order valence-electron chi connectivity index (χ0n) is 20.5. The Morgan fingerprint density at radius 1 is 1.00 bits per heavy atom. The van der Waals surface area contributed by atoms with Crippen LogP contribution in [0.4, 0.5) is 11.4 Å². The van der Waals surface area contributed by atoms with E-state index in [1.807, 2.05) is 31.3 Å². The molecule has 0 spiro atoms. The van der Waals surface area contributed by atoms with Crippen molar-refractivity contribution in [1.82, 2.24) is 9.21 Å². The predicted octanol–water partition coefficient (Wildman–Crippen LogP) is 5.82. The molecule has 1 aliphatic heterocycles. The van der Waals surface area contributed by atoms with Gasteiger partial charge < -0.3 is 10.2 Å². The van der Waals surface area contributed by atoms with Gasteiger partial charge in [0, 0.05) is 29.2 Å². The second-order valence-electron chi connectivity index (χ2n) is 9.11. The Hall–Kier alpha value is -2.69. The molecule has 4 rings (SSSR count). The first-order chi connectivity index (χ1) is 17.6. The highest BCUT2D eigenvalue weighted by Crippen LogP contribution is 2.38. The smallest absolute Gasteiger partial charge is 0.293 e. The van der Waals surface area contributed by atoms with E-state index in [0.717, 1.165) is 19.2 Å². The highest BCUT2D eigenvalue weighted by molar-refractivity contribution is 7.89. The summed E-state index contributed by atoms with van der Waals surface area (Å²) in [6, 6.07) is 17.4. The lowest BCUT2D eigenvalue weighted by molar-refractivity contribution is -0.384. The number of sulfonamides is 1. The van der Waals surface area contributed by atoms with Gasteiger partial charge in [-0.15, -0.1) is 0 Å². The Balaban J connectivity index is 1.72. The second-order valence-corrected chi connectivity index (χ2v) is 11.9. The van der Waals surface area contributed by atoms with E-state index < -0.39 is 21.0 Å². The Morgan fingerprint density at radius 3 is 2.05 bits per heavy atom. The van der Waals surface area contributed by atoms with Crippen molar-refractivity contribution >= 4 is 44.6 Å². The lowest BCUT2D eigenvalue weighted by Crippen LogP contribution is -2.44. The molecule has 1 saturated heterocycles. The van der Waals surface area contributed by atoms with Gasteiger partial charge in [-0.05, 0) is 68.4 Å². The van der Waals surface area contributed by atoms with E-state index in [-0.39, 0.29) is 22.3 Å². The Kier molecular flexibility index (Phi) is 8.40. The molecule has 196 valence electrons. The number of piperidine rings is 1. The van der Waals surface area contributed by atoms with Gasteiger partial charge in [-0.2, -0.15) is 4.31 Å². The fraction of sp³-hybridized carbons (Fsp3) is 0.308. The third kappa shape index (κ3) is 5.91. The minimum absolute atomic E-state index is 0.127. The molecular formula is C26H28Cl2N4O4S. The molecule has 1 fully saturated rings. The van der Waals surface area contributed by atoms with E-state index in [0.29, 0.717) is 34.0 Å². The van der Waals surface area contributed by atoms with Crippen molar-refractivity contribution in [3.63, 3.8) is 0 Å². The molecule has 0 radical (unpaired) electrons. The molecule has 1 aliphatic rings. The number of nitro groups is 1. The number of benzene rings is 3. The standard InChI is InChI=1S/C26H28Cl2N4O4S/c1-30-15-13-18(14-16-30)31(2)37(35,36)19-11-12-24(25(17-19)32(33)34)29-26(20-7-3-5-9-22(20)27)21-8-4-6-10-23(21)28/h3-12,17-18,26,29H,13-16H2,1-2H3. The Bertz CT molecular complexity index is 1350. The van der Waals surface area contributed by atoms with Gasteiger partial charge in [0.05, 0.1) is 15.9 Å². The molecule has 1 heterocycles. The molecule has 0 aliphatic carbocycles. The molecule has 37 heavy (non-hydrogen) atoms. The van der Waals surface area contributed by atoms with E-state index in [1.165, 1.54) is 23.5 Å². The Morgan fingerprint density at radius 2 is 1.54 bits per heavy atom. The first-order valence-electron chi connectivity index (χ1n) is 11.8. The highest BCUT2D eigenvalue weighted by atomic mass is 35.5. The molecule has 0 saturated carbocycles. The van der Waals surface area contributed by atoms with Crippen LogP contribution in [0.2, 0.25) is 10.0 Å². The summed E-state index contributed by atoms with van der Waals surface area (Å²) >= 11 is 13.0. The first kappa shape index (κ1) is 27.3. The van der Waals surface area contributed by atoms with Crippen molar-refractivity contribution in [2.45, 2.75) is 29.8 Å². The SMILES string of the molecule is CN1CCC(N(C)S(=O)(=O)c2ccc(NC(c3ccccc3Cl)c3ccccc3Cl)c([N+](=O)[O-])c2)CC1. The first-order valence-corrected chi connectivity index (χ1v) is 14.0. The number of rotatable bonds is 8. The van der Waals surface area contributed by atoms with Crippen LogP contribution in [-0.4, -0.2) is 55.8 Å². The summed E-state index contributed by atoms with van der Waals surface area (Å²) in [5.74, 6) is 0. The lowest BCUT2D eigenvalue weighted by atomic mass is 9.98. The minimum Gasteiger partial charge on any atom is -0.368 e. The number of hydrogen-bond acceptors (Lipinski definition) is 6. The third-order valence-electron chi connectivity index (χ3n) is 6.78. The summed E-state index contributed by atoms with van der Waals surface area (Å²) in [6.45, 7) is 1.58. The average Bonchev–Trinajstić information content (AvgIpc) is 2.88. The van der Waals surface area contributed by atoms with Gasteiger partial charge in [-0.3, -0.25) is 10.1 Å². The van der Waals surface area contributed by atoms with Crippen LogP contribution in [0.1, 0.15) is 30.0 Å². The van der Waals surface area contributed by atoms with Gasteiger partial charge in [0.15, 0.2) is 0 Å². The summed E-state index contributed by atoms with van der Waals surface area (Å²) in [7, 11) is -0.401. The molecule has 0 bridgehead atoms. The molecule has 3 aromatic carbocycles. The van der Waals surface area contributed by atoms with Crippen LogP contribution in [0, 0.1) is 10.1 Å². The number of nitrogens with one attached hydrogen (secondary N) is 1. The van der Waals surface area contributed by atoms with Crippen LogP contribution in [0.25, 0.3) is 0 Å². The number of hydrogen-bond donors (Lipinski definition) is 1. The maximum atomic E-state index is 13.4. The summed E-state index contributed by atoms with van der Waals surface area (Å²) in [5, 5.41) is 16.2. The molecular weight excluding hydrogens is 535 g/mol. The van der Waals surface area contributed by atoms with Crippen molar-refractivity contribution in [2.24, 2.45) is 0 Å². The largest absolute Gasteiger partial charge is 0.368 e. The summed E-state index contributed by atoms with van der Waals surface area (Å²) < 4.78 is 28.1. The maximum Gasteiger partial charge on any atom is 0.293 e. The van der Waals surface area contributed by atoms with Gasteiger partial charge in [-0.25, -0.2) is 8.42 Å².